The Hall–Kier alpha value is -1.99. The molecule has 2 N–H and O–H groups in total. The number of hydrogen-bond donors (Lipinski definition) is 2. The first kappa shape index (κ1) is 17.4. The summed E-state index contributed by atoms with van der Waals surface area (Å²) in [5, 5.41) is 9.73. The fourth-order valence-corrected chi connectivity index (χ4v) is 3.84. The Morgan fingerprint density at radius 2 is 2.00 bits per heavy atom. The number of nitrogens with zero attached hydrogens (tertiary/aromatic N) is 1. The lowest BCUT2D eigenvalue weighted by atomic mass is 10.1. The number of nitrogens with one attached hydrogen (secondary N) is 1. The molecule has 0 radical (unpaired) electrons. The third-order valence-corrected chi connectivity index (χ3v) is 5.05. The fraction of sp³-hybridized carbons (Fsp3) is 0.375. The van der Waals surface area contributed by atoms with E-state index in [-0.39, 0.29) is 17.2 Å². The molecule has 23 heavy (non-hydrogen) atoms. The minimum Gasteiger partial charge on any atom is -0.480 e. The number of carboxylic acid groups (broad SMARTS) is 1. The number of aliphatic carboxylic acids is 1. The number of pyridine rings is 1. The summed E-state index contributed by atoms with van der Waals surface area (Å²) in [5.74, 6) is -1.13. The van der Waals surface area contributed by atoms with E-state index in [1.807, 2.05) is 20.8 Å². The highest BCUT2D eigenvalue weighted by Gasteiger charge is 2.27. The standard InChI is InChI=1S/C16H20N2O4S/c1-10(2)9-13(16(19)20)18-23(21,22)14-7-6-11(3)15-12(14)5-4-8-17-15/h4-8,10,13,18H,9H2,1-3H3,(H,19,20)/t13-/m1/s1. The van der Waals surface area contributed by atoms with Gasteiger partial charge in [-0.15, -0.1) is 0 Å². The number of aryl methyl sites for hydroxylation is 1. The Morgan fingerprint density at radius 1 is 1.30 bits per heavy atom. The summed E-state index contributed by atoms with van der Waals surface area (Å²) in [5.41, 5.74) is 1.45. The van der Waals surface area contributed by atoms with E-state index < -0.39 is 22.0 Å². The molecule has 7 heteroatoms. The van der Waals surface area contributed by atoms with Gasteiger partial charge in [0.05, 0.1) is 10.4 Å². The molecule has 0 unspecified atom stereocenters. The number of sulfonamides is 1. The van der Waals surface area contributed by atoms with E-state index >= 15 is 0 Å². The molecule has 0 spiro atoms. The highest BCUT2D eigenvalue weighted by Crippen LogP contribution is 2.24. The quantitative estimate of drug-likeness (QED) is 0.844. The zero-order valence-electron chi connectivity index (χ0n) is 13.3. The van der Waals surface area contributed by atoms with E-state index in [2.05, 4.69) is 9.71 Å². The van der Waals surface area contributed by atoms with Crippen LogP contribution in [0.4, 0.5) is 0 Å². The van der Waals surface area contributed by atoms with Crippen LogP contribution in [0.15, 0.2) is 35.4 Å². The first-order valence-electron chi connectivity index (χ1n) is 7.32. The maximum absolute atomic E-state index is 12.7. The van der Waals surface area contributed by atoms with Gasteiger partial charge in [-0.1, -0.05) is 19.9 Å². The van der Waals surface area contributed by atoms with Crippen molar-refractivity contribution in [1.82, 2.24) is 9.71 Å². The molecule has 124 valence electrons. The van der Waals surface area contributed by atoms with Crippen LogP contribution in [-0.2, 0) is 14.8 Å². The van der Waals surface area contributed by atoms with E-state index in [4.69, 9.17) is 0 Å². The molecule has 0 aliphatic heterocycles. The van der Waals surface area contributed by atoms with Crippen LogP contribution in [0.3, 0.4) is 0 Å². The van der Waals surface area contributed by atoms with Crippen molar-refractivity contribution in [2.75, 3.05) is 0 Å². The Bertz CT molecular complexity index is 831. The van der Waals surface area contributed by atoms with Crippen molar-refractivity contribution in [2.24, 2.45) is 5.92 Å². The molecule has 1 atom stereocenters. The van der Waals surface area contributed by atoms with E-state index in [1.54, 1.807) is 24.4 Å². The molecule has 0 aliphatic carbocycles. The largest absolute Gasteiger partial charge is 0.480 e. The van der Waals surface area contributed by atoms with Crippen LogP contribution in [0.5, 0.6) is 0 Å². The normalized spacial score (nSPS) is 13.4. The van der Waals surface area contributed by atoms with Crippen LogP contribution in [0, 0.1) is 12.8 Å². The minimum absolute atomic E-state index is 0.0428. The molecule has 6 nitrogen and oxygen atoms in total. The topological polar surface area (TPSA) is 96.4 Å². The zero-order chi connectivity index (χ0) is 17.2. The number of carbonyl (C=O) groups is 1. The van der Waals surface area contributed by atoms with Gasteiger partial charge in [0.25, 0.3) is 0 Å². The predicted molar refractivity (Wildman–Crippen MR) is 87.7 cm³/mol. The zero-order valence-corrected chi connectivity index (χ0v) is 14.1. The van der Waals surface area contributed by atoms with Gasteiger partial charge in [0.1, 0.15) is 6.04 Å². The van der Waals surface area contributed by atoms with Crippen molar-refractivity contribution < 1.29 is 18.3 Å². The highest BCUT2D eigenvalue weighted by molar-refractivity contribution is 7.89. The molecule has 0 saturated carbocycles. The van der Waals surface area contributed by atoms with Crippen LogP contribution in [-0.4, -0.2) is 30.5 Å². The molecule has 0 saturated heterocycles. The van der Waals surface area contributed by atoms with Crippen molar-refractivity contribution in [1.29, 1.82) is 0 Å². The Labute approximate surface area is 135 Å². The average molecular weight is 336 g/mol. The molecule has 1 heterocycles. The lowest BCUT2D eigenvalue weighted by molar-refractivity contribution is -0.139. The van der Waals surface area contributed by atoms with Crippen molar-refractivity contribution in [3.05, 3.63) is 36.0 Å². The summed E-state index contributed by atoms with van der Waals surface area (Å²) >= 11 is 0. The average Bonchev–Trinajstić information content (AvgIpc) is 2.46. The lowest BCUT2D eigenvalue weighted by Gasteiger charge is -2.17. The lowest BCUT2D eigenvalue weighted by Crippen LogP contribution is -2.41. The van der Waals surface area contributed by atoms with Crippen LogP contribution in [0.1, 0.15) is 25.8 Å². The Balaban J connectivity index is 2.48. The van der Waals surface area contributed by atoms with Crippen molar-refractivity contribution in [2.45, 2.75) is 38.1 Å². The van der Waals surface area contributed by atoms with E-state index in [0.29, 0.717) is 10.9 Å². The number of benzene rings is 1. The van der Waals surface area contributed by atoms with Gasteiger partial charge < -0.3 is 5.11 Å². The molecule has 0 aliphatic rings. The SMILES string of the molecule is Cc1ccc(S(=O)(=O)N[C@H](CC(C)C)C(=O)O)c2cccnc12. The van der Waals surface area contributed by atoms with Crippen LogP contribution in [0.2, 0.25) is 0 Å². The van der Waals surface area contributed by atoms with Gasteiger partial charge in [-0.2, -0.15) is 4.72 Å². The summed E-state index contributed by atoms with van der Waals surface area (Å²) in [4.78, 5) is 15.6. The molecule has 1 aromatic heterocycles. The first-order chi connectivity index (χ1) is 10.7. The van der Waals surface area contributed by atoms with Crippen LogP contribution >= 0.6 is 0 Å². The number of fused-ring (bicyclic) bond motifs is 1. The molecule has 0 bridgehead atoms. The summed E-state index contributed by atoms with van der Waals surface area (Å²) in [6.07, 6.45) is 1.81. The summed E-state index contributed by atoms with van der Waals surface area (Å²) < 4.78 is 27.6. The third kappa shape index (κ3) is 3.86. The summed E-state index contributed by atoms with van der Waals surface area (Å²) in [6, 6.07) is 5.32. The molecular weight excluding hydrogens is 316 g/mol. The van der Waals surface area contributed by atoms with E-state index in [1.165, 1.54) is 6.07 Å². The second kappa shape index (κ2) is 6.64. The Morgan fingerprint density at radius 3 is 2.61 bits per heavy atom. The first-order valence-corrected chi connectivity index (χ1v) is 8.80. The van der Waals surface area contributed by atoms with Gasteiger partial charge >= 0.3 is 5.97 Å². The second-order valence-electron chi connectivity index (χ2n) is 5.92. The Kier molecular flexibility index (Phi) is 5.01. The van der Waals surface area contributed by atoms with Crippen LogP contribution in [0.25, 0.3) is 10.9 Å². The number of aromatic nitrogens is 1. The monoisotopic (exact) mass is 336 g/mol. The summed E-state index contributed by atoms with van der Waals surface area (Å²) in [7, 11) is -3.96. The highest BCUT2D eigenvalue weighted by atomic mass is 32.2. The van der Waals surface area contributed by atoms with Crippen molar-refractivity contribution in [3.63, 3.8) is 0 Å². The summed E-state index contributed by atoms with van der Waals surface area (Å²) in [6.45, 7) is 5.53. The number of hydrogen-bond acceptors (Lipinski definition) is 4. The van der Waals surface area contributed by atoms with Crippen molar-refractivity contribution in [3.8, 4) is 0 Å². The number of rotatable bonds is 6. The smallest absolute Gasteiger partial charge is 0.321 e. The molecule has 0 fully saturated rings. The third-order valence-electron chi connectivity index (χ3n) is 3.52. The van der Waals surface area contributed by atoms with Gasteiger partial charge in [0.2, 0.25) is 10.0 Å². The molecule has 0 amide bonds. The van der Waals surface area contributed by atoms with Gasteiger partial charge in [-0.05, 0) is 43.0 Å². The van der Waals surface area contributed by atoms with Crippen molar-refractivity contribution >= 4 is 26.9 Å². The minimum atomic E-state index is -3.96. The van der Waals surface area contributed by atoms with E-state index in [0.717, 1.165) is 5.56 Å². The van der Waals surface area contributed by atoms with Crippen LogP contribution < -0.4 is 4.72 Å². The predicted octanol–water partition coefficient (Wildman–Crippen LogP) is 2.32. The molecule has 2 aromatic rings. The molecular formula is C16H20N2O4S. The van der Waals surface area contributed by atoms with E-state index in [9.17, 15) is 18.3 Å². The maximum atomic E-state index is 12.7. The van der Waals surface area contributed by atoms with Gasteiger partial charge in [-0.25, -0.2) is 8.42 Å². The molecule has 2 rings (SSSR count). The maximum Gasteiger partial charge on any atom is 0.321 e. The number of carboxylic acids is 1. The van der Waals surface area contributed by atoms with Gasteiger partial charge in [-0.3, -0.25) is 9.78 Å². The fourth-order valence-electron chi connectivity index (χ4n) is 2.44. The van der Waals surface area contributed by atoms with Gasteiger partial charge in [0.15, 0.2) is 0 Å². The molecule has 1 aromatic carbocycles. The van der Waals surface area contributed by atoms with Gasteiger partial charge in [0, 0.05) is 11.6 Å². The second-order valence-corrected chi connectivity index (χ2v) is 7.60.